The van der Waals surface area contributed by atoms with Gasteiger partial charge < -0.3 is 29.7 Å². The lowest BCUT2D eigenvalue weighted by Gasteiger charge is -2.29. The fourth-order valence-corrected chi connectivity index (χ4v) is 6.42. The molecule has 7 rings (SSSR count). The number of hydrogen-bond acceptors (Lipinski definition) is 6. The molecule has 0 aliphatic carbocycles. The van der Waals surface area contributed by atoms with Gasteiger partial charge in [0.2, 0.25) is 5.91 Å². The number of amides is 3. The number of anilines is 2. The first-order chi connectivity index (χ1) is 23.3. The molecule has 2 aliphatic heterocycles. The molecule has 1 unspecified atom stereocenters. The minimum absolute atomic E-state index is 0.0124. The molecular formula is C38H38N6O4. The normalized spacial score (nSPS) is 14.9. The Morgan fingerprint density at radius 1 is 0.917 bits per heavy atom. The molecule has 10 heteroatoms. The van der Waals surface area contributed by atoms with E-state index in [4.69, 9.17) is 9.72 Å². The van der Waals surface area contributed by atoms with Crippen molar-refractivity contribution in [2.24, 2.45) is 0 Å². The smallest absolute Gasteiger partial charge is 0.258 e. The number of rotatable bonds is 9. The van der Waals surface area contributed by atoms with Crippen LogP contribution >= 0.6 is 0 Å². The standard InChI is InChI=1S/C38H38N6O4/c1-42(2)38(47)35(25-9-5-3-6-10-25)41-34(45)24-48-30-15-11-26(12-16-30)36-39-32-18-14-29(22-33(32)40-36)44-23-27-21-28(13-17-31(27)37(44)46)43-19-7-4-8-20-43/h3,5-6,9-18,21-22,35H,4,7-8,19-20,23-24H2,1-2H3,(H,39,40)(H,41,45). The molecule has 2 aliphatic rings. The van der Waals surface area contributed by atoms with Gasteiger partial charge in [-0.25, -0.2) is 4.98 Å². The Labute approximate surface area is 279 Å². The van der Waals surface area contributed by atoms with Crippen LogP contribution in [0.15, 0.2) is 91.0 Å². The van der Waals surface area contributed by atoms with E-state index in [1.165, 1.54) is 29.8 Å². The van der Waals surface area contributed by atoms with Gasteiger partial charge in [-0.3, -0.25) is 14.4 Å². The van der Waals surface area contributed by atoms with Crippen molar-refractivity contribution in [3.63, 3.8) is 0 Å². The van der Waals surface area contributed by atoms with Gasteiger partial charge in [0.1, 0.15) is 17.6 Å². The molecule has 1 saturated heterocycles. The van der Waals surface area contributed by atoms with Gasteiger partial charge in [0, 0.05) is 49.7 Å². The van der Waals surface area contributed by atoms with Crippen molar-refractivity contribution in [3.8, 4) is 17.1 Å². The van der Waals surface area contributed by atoms with Gasteiger partial charge in [-0.2, -0.15) is 0 Å². The molecule has 1 aromatic heterocycles. The highest BCUT2D eigenvalue weighted by atomic mass is 16.5. The van der Waals surface area contributed by atoms with Gasteiger partial charge in [0.25, 0.3) is 11.8 Å². The average molecular weight is 643 g/mol. The molecule has 3 heterocycles. The molecule has 0 radical (unpaired) electrons. The summed E-state index contributed by atoms with van der Waals surface area (Å²) in [5.74, 6) is 0.576. The van der Waals surface area contributed by atoms with E-state index >= 15 is 0 Å². The lowest BCUT2D eigenvalue weighted by molar-refractivity contribution is -0.135. The van der Waals surface area contributed by atoms with Gasteiger partial charge in [-0.15, -0.1) is 0 Å². The monoisotopic (exact) mass is 642 g/mol. The van der Waals surface area contributed by atoms with Crippen LogP contribution in [-0.4, -0.2) is 66.4 Å². The number of fused-ring (bicyclic) bond motifs is 2. The van der Waals surface area contributed by atoms with E-state index in [1.54, 1.807) is 38.4 Å². The van der Waals surface area contributed by atoms with Crippen molar-refractivity contribution in [2.45, 2.75) is 31.8 Å². The van der Waals surface area contributed by atoms with Crippen molar-refractivity contribution < 1.29 is 19.1 Å². The molecule has 2 N–H and O–H groups in total. The van der Waals surface area contributed by atoms with Crippen LogP contribution in [0.25, 0.3) is 22.4 Å². The zero-order valence-electron chi connectivity index (χ0n) is 27.1. The molecule has 4 aromatic carbocycles. The average Bonchev–Trinajstić information content (AvgIpc) is 3.70. The number of piperidine rings is 1. The molecule has 5 aromatic rings. The number of imidazole rings is 1. The molecule has 0 saturated carbocycles. The Bertz CT molecular complexity index is 1960. The predicted molar refractivity (Wildman–Crippen MR) is 186 cm³/mol. The number of benzene rings is 4. The summed E-state index contributed by atoms with van der Waals surface area (Å²) >= 11 is 0. The molecular weight excluding hydrogens is 604 g/mol. The van der Waals surface area contributed by atoms with Crippen LogP contribution in [0.3, 0.4) is 0 Å². The minimum Gasteiger partial charge on any atom is -0.484 e. The Balaban J connectivity index is 0.999. The highest BCUT2D eigenvalue weighted by Gasteiger charge is 2.30. The van der Waals surface area contributed by atoms with Crippen LogP contribution in [0.1, 0.15) is 46.8 Å². The molecule has 244 valence electrons. The summed E-state index contributed by atoms with van der Waals surface area (Å²) in [6, 6.07) is 27.7. The number of H-pyrrole nitrogens is 1. The van der Waals surface area contributed by atoms with E-state index in [2.05, 4.69) is 27.3 Å². The van der Waals surface area contributed by atoms with Crippen molar-refractivity contribution in [1.29, 1.82) is 0 Å². The molecule has 1 fully saturated rings. The third-order valence-electron chi connectivity index (χ3n) is 9.01. The molecule has 0 bridgehead atoms. The second-order valence-corrected chi connectivity index (χ2v) is 12.5. The number of nitrogens with one attached hydrogen (secondary N) is 2. The number of carbonyl (C=O) groups is 3. The van der Waals surface area contributed by atoms with Gasteiger partial charge in [0.15, 0.2) is 6.61 Å². The summed E-state index contributed by atoms with van der Waals surface area (Å²) in [4.78, 5) is 52.7. The van der Waals surface area contributed by atoms with E-state index in [9.17, 15) is 14.4 Å². The third kappa shape index (κ3) is 6.33. The Morgan fingerprint density at radius 3 is 2.42 bits per heavy atom. The minimum atomic E-state index is -0.801. The lowest BCUT2D eigenvalue weighted by atomic mass is 10.1. The summed E-state index contributed by atoms with van der Waals surface area (Å²) in [7, 11) is 3.31. The van der Waals surface area contributed by atoms with Crippen molar-refractivity contribution in [3.05, 3.63) is 108 Å². The predicted octanol–water partition coefficient (Wildman–Crippen LogP) is 5.71. The number of nitrogens with zero attached hydrogens (tertiary/aromatic N) is 4. The largest absolute Gasteiger partial charge is 0.484 e. The number of ether oxygens (including phenoxy) is 1. The number of aromatic amines is 1. The van der Waals surface area contributed by atoms with Crippen LogP contribution in [-0.2, 0) is 16.1 Å². The van der Waals surface area contributed by atoms with Crippen LogP contribution in [0.5, 0.6) is 5.75 Å². The van der Waals surface area contributed by atoms with Crippen LogP contribution < -0.4 is 19.9 Å². The second-order valence-electron chi connectivity index (χ2n) is 12.5. The number of hydrogen-bond donors (Lipinski definition) is 2. The van der Waals surface area contributed by atoms with Crippen molar-refractivity contribution in [2.75, 3.05) is 43.6 Å². The summed E-state index contributed by atoms with van der Waals surface area (Å²) in [6.07, 6.45) is 3.70. The molecule has 48 heavy (non-hydrogen) atoms. The molecule has 1 atom stereocenters. The van der Waals surface area contributed by atoms with Gasteiger partial charge in [-0.1, -0.05) is 30.3 Å². The topological polar surface area (TPSA) is 111 Å². The van der Waals surface area contributed by atoms with E-state index in [0.29, 0.717) is 23.7 Å². The number of carbonyl (C=O) groups excluding carboxylic acids is 3. The highest BCUT2D eigenvalue weighted by Crippen LogP contribution is 2.34. The van der Waals surface area contributed by atoms with Gasteiger partial charge >= 0.3 is 0 Å². The molecule has 3 amide bonds. The zero-order chi connectivity index (χ0) is 33.2. The highest BCUT2D eigenvalue weighted by molar-refractivity contribution is 6.10. The van der Waals surface area contributed by atoms with E-state index in [-0.39, 0.29) is 18.4 Å². The Kier molecular flexibility index (Phi) is 8.54. The van der Waals surface area contributed by atoms with Crippen LogP contribution in [0, 0.1) is 0 Å². The SMILES string of the molecule is CN(C)C(=O)C(NC(=O)COc1ccc(-c2nc3ccc(N4Cc5cc(N6CCCCC6)ccc5C4=O)cc3[nH]2)cc1)c1ccccc1. The number of aromatic nitrogens is 2. The quantitative estimate of drug-likeness (QED) is 0.213. The summed E-state index contributed by atoms with van der Waals surface area (Å²) < 4.78 is 5.74. The van der Waals surface area contributed by atoms with E-state index in [1.807, 2.05) is 59.5 Å². The molecule has 10 nitrogen and oxygen atoms in total. The first kappa shape index (κ1) is 31.0. The molecule has 0 spiro atoms. The second kappa shape index (κ2) is 13.2. The van der Waals surface area contributed by atoms with Crippen LogP contribution in [0.4, 0.5) is 11.4 Å². The summed E-state index contributed by atoms with van der Waals surface area (Å²) in [5.41, 5.74) is 7.02. The maximum absolute atomic E-state index is 13.4. The van der Waals surface area contributed by atoms with E-state index in [0.717, 1.165) is 46.5 Å². The fraction of sp³-hybridized carbons (Fsp3) is 0.263. The van der Waals surface area contributed by atoms with Gasteiger partial charge in [-0.05, 0) is 91.1 Å². The maximum Gasteiger partial charge on any atom is 0.258 e. The summed E-state index contributed by atoms with van der Waals surface area (Å²) in [6.45, 7) is 2.44. The Hall–Kier alpha value is -5.64. The van der Waals surface area contributed by atoms with Crippen molar-refractivity contribution in [1.82, 2.24) is 20.2 Å². The van der Waals surface area contributed by atoms with Crippen molar-refractivity contribution >= 4 is 40.1 Å². The number of likely N-dealkylation sites (N-methyl/N-ethyl adjacent to an activating group) is 1. The first-order valence-corrected chi connectivity index (χ1v) is 16.3. The van der Waals surface area contributed by atoms with E-state index < -0.39 is 11.9 Å². The maximum atomic E-state index is 13.4. The van der Waals surface area contributed by atoms with Crippen LogP contribution in [0.2, 0.25) is 0 Å². The van der Waals surface area contributed by atoms with Gasteiger partial charge in [0.05, 0.1) is 17.6 Å². The Morgan fingerprint density at radius 2 is 1.67 bits per heavy atom. The first-order valence-electron chi connectivity index (χ1n) is 16.3. The third-order valence-corrected chi connectivity index (χ3v) is 9.01. The lowest BCUT2D eigenvalue weighted by Crippen LogP contribution is -2.41. The zero-order valence-corrected chi connectivity index (χ0v) is 27.1. The fourth-order valence-electron chi connectivity index (χ4n) is 6.42. The summed E-state index contributed by atoms with van der Waals surface area (Å²) in [5, 5.41) is 2.79.